The van der Waals surface area contributed by atoms with Crippen LogP contribution in [0.3, 0.4) is 0 Å². The lowest BCUT2D eigenvalue weighted by molar-refractivity contribution is 0.256. The van der Waals surface area contributed by atoms with Gasteiger partial charge in [0.2, 0.25) is 0 Å². The Morgan fingerprint density at radius 3 is 2.85 bits per heavy atom. The third-order valence-electron chi connectivity index (χ3n) is 3.68. The average molecular weight is 517 g/mol. The van der Waals surface area contributed by atoms with Crippen molar-refractivity contribution in [1.29, 1.82) is 0 Å². The van der Waals surface area contributed by atoms with Gasteiger partial charge < -0.3 is 9.47 Å². The Balaban J connectivity index is 2.02. The largest absolute Gasteiger partial charge is 0.493 e. The summed E-state index contributed by atoms with van der Waals surface area (Å²) in [6.07, 6.45) is 5.29. The number of para-hydroxylation sites is 1. The Kier molecular flexibility index (Phi) is 6.44. The van der Waals surface area contributed by atoms with Crippen molar-refractivity contribution in [3.8, 4) is 11.5 Å². The summed E-state index contributed by atoms with van der Waals surface area (Å²) in [6.45, 7) is 4.76. The van der Waals surface area contributed by atoms with Crippen LogP contribution in [0.5, 0.6) is 11.5 Å². The van der Waals surface area contributed by atoms with E-state index < -0.39 is 0 Å². The summed E-state index contributed by atoms with van der Waals surface area (Å²) < 4.78 is 13.9. The fourth-order valence-electron chi connectivity index (χ4n) is 2.42. The second-order valence-electron chi connectivity index (χ2n) is 6.22. The van der Waals surface area contributed by atoms with E-state index in [0.717, 1.165) is 5.56 Å². The summed E-state index contributed by atoms with van der Waals surface area (Å²) in [5, 5.41) is 0. The number of nitrogens with zero attached hydrogens (tertiary/aromatic N) is 2. The summed E-state index contributed by atoms with van der Waals surface area (Å²) in [5.41, 5.74) is 1.32. The molecule has 0 aliphatic heterocycles. The molecule has 0 saturated carbocycles. The number of hydrogen-bond acceptors (Lipinski definition) is 5. The van der Waals surface area contributed by atoms with Gasteiger partial charge in [0.1, 0.15) is 7.91 Å². The molecule has 0 N–H and O–H groups in total. The number of rotatable bonds is 6. The zero-order valence-electron chi connectivity index (χ0n) is 15.0. The standard InChI is InChI=1S/C19H18ClIN2O3S/c1-11(2)10-26-17-12(5-4-6-14(17)25-3)7-8-13-16(21)18(24)23-9-15(20)27-19(23)22-13/h4-9,11H,10H2,1-3H3/b8-7+. The summed E-state index contributed by atoms with van der Waals surface area (Å²) in [4.78, 5) is 17.6. The van der Waals surface area contributed by atoms with Gasteiger partial charge in [-0.3, -0.25) is 9.20 Å². The Bertz CT molecular complexity index is 1060. The first kappa shape index (κ1) is 20.2. The minimum atomic E-state index is -0.134. The molecule has 0 spiro atoms. The predicted octanol–water partition coefficient (Wildman–Crippen LogP) is 5.23. The molecule has 0 bridgehead atoms. The van der Waals surface area contributed by atoms with Crippen LogP contribution in [0.15, 0.2) is 29.2 Å². The van der Waals surface area contributed by atoms with E-state index in [1.165, 1.54) is 15.7 Å². The molecule has 0 aliphatic rings. The fraction of sp³-hybridized carbons (Fsp3) is 0.263. The highest BCUT2D eigenvalue weighted by molar-refractivity contribution is 14.1. The second kappa shape index (κ2) is 8.62. The number of ether oxygens (including phenoxy) is 2. The van der Waals surface area contributed by atoms with Gasteiger partial charge in [-0.1, -0.05) is 48.9 Å². The van der Waals surface area contributed by atoms with Crippen molar-refractivity contribution in [1.82, 2.24) is 9.38 Å². The quantitative estimate of drug-likeness (QED) is 0.421. The van der Waals surface area contributed by atoms with Crippen LogP contribution in [0.25, 0.3) is 17.1 Å². The first-order chi connectivity index (χ1) is 12.9. The number of fused-ring (bicyclic) bond motifs is 1. The monoisotopic (exact) mass is 516 g/mol. The highest BCUT2D eigenvalue weighted by Gasteiger charge is 2.13. The van der Waals surface area contributed by atoms with Gasteiger partial charge in [-0.05, 0) is 46.7 Å². The lowest BCUT2D eigenvalue weighted by Gasteiger charge is -2.14. The topological polar surface area (TPSA) is 52.8 Å². The number of hydrogen-bond donors (Lipinski definition) is 0. The maximum Gasteiger partial charge on any atom is 0.272 e. The van der Waals surface area contributed by atoms with E-state index in [2.05, 4.69) is 18.8 Å². The average Bonchev–Trinajstić information content (AvgIpc) is 3.02. The Morgan fingerprint density at radius 2 is 2.15 bits per heavy atom. The van der Waals surface area contributed by atoms with E-state index in [9.17, 15) is 4.79 Å². The van der Waals surface area contributed by atoms with Crippen molar-refractivity contribution < 1.29 is 9.47 Å². The number of aromatic nitrogens is 2. The molecular formula is C19H18ClIN2O3S. The van der Waals surface area contributed by atoms with Crippen molar-refractivity contribution in [3.63, 3.8) is 0 Å². The van der Waals surface area contributed by atoms with Crippen LogP contribution in [0.2, 0.25) is 4.34 Å². The van der Waals surface area contributed by atoms with Gasteiger partial charge in [-0.2, -0.15) is 0 Å². The van der Waals surface area contributed by atoms with Crippen LogP contribution in [0.4, 0.5) is 0 Å². The van der Waals surface area contributed by atoms with E-state index in [1.54, 1.807) is 13.3 Å². The Morgan fingerprint density at radius 1 is 1.37 bits per heavy atom. The highest BCUT2D eigenvalue weighted by Crippen LogP contribution is 2.33. The molecule has 0 radical (unpaired) electrons. The van der Waals surface area contributed by atoms with Gasteiger partial charge in [0.25, 0.3) is 5.56 Å². The minimum Gasteiger partial charge on any atom is -0.493 e. The lowest BCUT2D eigenvalue weighted by Crippen LogP contribution is -2.17. The molecule has 2 aromatic heterocycles. The first-order valence-electron chi connectivity index (χ1n) is 8.25. The molecule has 142 valence electrons. The minimum absolute atomic E-state index is 0.134. The van der Waals surface area contributed by atoms with Crippen molar-refractivity contribution in [2.45, 2.75) is 13.8 Å². The van der Waals surface area contributed by atoms with E-state index in [4.69, 9.17) is 21.1 Å². The van der Waals surface area contributed by atoms with Crippen LogP contribution in [0, 0.1) is 9.49 Å². The van der Waals surface area contributed by atoms with E-state index in [0.29, 0.717) is 42.6 Å². The van der Waals surface area contributed by atoms with Gasteiger partial charge in [0, 0.05) is 11.8 Å². The van der Waals surface area contributed by atoms with Gasteiger partial charge in [-0.15, -0.1) is 0 Å². The molecule has 0 saturated heterocycles. The summed E-state index contributed by atoms with van der Waals surface area (Å²) >= 11 is 9.29. The van der Waals surface area contributed by atoms with Crippen LogP contribution < -0.4 is 15.0 Å². The van der Waals surface area contributed by atoms with Crippen molar-refractivity contribution in [3.05, 3.63) is 53.9 Å². The van der Waals surface area contributed by atoms with E-state index >= 15 is 0 Å². The van der Waals surface area contributed by atoms with Crippen molar-refractivity contribution in [2.75, 3.05) is 13.7 Å². The summed E-state index contributed by atoms with van der Waals surface area (Å²) in [5.74, 6) is 1.73. The first-order valence-corrected chi connectivity index (χ1v) is 10.5. The smallest absolute Gasteiger partial charge is 0.272 e. The number of methoxy groups -OCH3 is 1. The Labute approximate surface area is 179 Å². The molecule has 0 unspecified atom stereocenters. The molecule has 0 fully saturated rings. The zero-order chi connectivity index (χ0) is 19.6. The molecule has 0 atom stereocenters. The van der Waals surface area contributed by atoms with Crippen LogP contribution in [0.1, 0.15) is 25.1 Å². The number of benzene rings is 1. The summed E-state index contributed by atoms with van der Waals surface area (Å²) in [6, 6.07) is 5.70. The fourth-order valence-corrected chi connectivity index (χ4v) is 3.99. The molecule has 1 aromatic carbocycles. The molecular weight excluding hydrogens is 499 g/mol. The van der Waals surface area contributed by atoms with E-state index in [1.807, 2.05) is 52.9 Å². The number of halogens is 2. The number of thiazole rings is 1. The second-order valence-corrected chi connectivity index (χ2v) is 8.94. The molecule has 5 nitrogen and oxygen atoms in total. The van der Waals surface area contributed by atoms with Crippen LogP contribution >= 0.6 is 45.5 Å². The lowest BCUT2D eigenvalue weighted by atomic mass is 10.1. The zero-order valence-corrected chi connectivity index (χ0v) is 18.8. The highest BCUT2D eigenvalue weighted by atomic mass is 127. The van der Waals surface area contributed by atoms with E-state index in [-0.39, 0.29) is 5.56 Å². The molecule has 27 heavy (non-hydrogen) atoms. The van der Waals surface area contributed by atoms with Crippen molar-refractivity contribution in [2.24, 2.45) is 5.92 Å². The van der Waals surface area contributed by atoms with Crippen molar-refractivity contribution >= 4 is 62.6 Å². The third kappa shape index (κ3) is 4.47. The molecule has 8 heteroatoms. The van der Waals surface area contributed by atoms with Gasteiger partial charge in [0.05, 0.1) is 19.4 Å². The summed E-state index contributed by atoms with van der Waals surface area (Å²) in [7, 11) is 1.62. The molecule has 0 amide bonds. The maximum atomic E-state index is 12.5. The maximum absolute atomic E-state index is 12.5. The molecule has 3 aromatic rings. The molecule has 2 heterocycles. The SMILES string of the molecule is COc1cccc(/C=C/c2nc3sc(Cl)cn3c(=O)c2I)c1OCC(C)C. The molecule has 0 aliphatic carbocycles. The van der Waals surface area contributed by atoms with Crippen LogP contribution in [-0.2, 0) is 0 Å². The Hall–Kier alpha value is -1.58. The molecule has 3 rings (SSSR count). The van der Waals surface area contributed by atoms with Gasteiger partial charge in [0.15, 0.2) is 16.5 Å². The normalized spacial score (nSPS) is 11.6. The predicted molar refractivity (Wildman–Crippen MR) is 119 cm³/mol. The third-order valence-corrected chi connectivity index (χ3v) is 5.80. The van der Waals surface area contributed by atoms with Crippen LogP contribution in [-0.4, -0.2) is 23.1 Å². The van der Waals surface area contributed by atoms with Gasteiger partial charge >= 0.3 is 0 Å². The van der Waals surface area contributed by atoms with Gasteiger partial charge in [-0.25, -0.2) is 4.98 Å².